The van der Waals surface area contributed by atoms with Crippen molar-refractivity contribution in [3.8, 4) is 0 Å². The van der Waals surface area contributed by atoms with Gasteiger partial charge in [-0.15, -0.1) is 0 Å². The van der Waals surface area contributed by atoms with Crippen LogP contribution in [-0.4, -0.2) is 26.3 Å². The van der Waals surface area contributed by atoms with E-state index in [0.29, 0.717) is 0 Å². The van der Waals surface area contributed by atoms with Gasteiger partial charge in [-0.2, -0.15) is 5.10 Å². The molecule has 102 valence electrons. The second kappa shape index (κ2) is 6.99. The van der Waals surface area contributed by atoms with Gasteiger partial charge in [0.25, 0.3) is 0 Å². The molecule has 1 atom stereocenters. The summed E-state index contributed by atoms with van der Waals surface area (Å²) in [4.78, 5) is 8.24. The molecule has 0 radical (unpaired) electrons. The highest BCUT2D eigenvalue weighted by atomic mass is 15.3. The maximum atomic E-state index is 4.40. The number of aromatic nitrogens is 4. The van der Waals surface area contributed by atoms with Crippen LogP contribution in [0.5, 0.6) is 0 Å². The van der Waals surface area contributed by atoms with Crippen molar-refractivity contribution in [1.82, 2.24) is 25.1 Å². The van der Waals surface area contributed by atoms with Gasteiger partial charge in [0.05, 0.1) is 11.7 Å². The smallest absolute Gasteiger partial charge is 0.115 e. The maximum absolute atomic E-state index is 4.40. The van der Waals surface area contributed by atoms with E-state index < -0.39 is 0 Å². The summed E-state index contributed by atoms with van der Waals surface area (Å²) in [5.41, 5.74) is 2.25. The Morgan fingerprint density at radius 2 is 2.00 bits per heavy atom. The first-order valence-corrected chi connectivity index (χ1v) is 6.86. The van der Waals surface area contributed by atoms with E-state index in [2.05, 4.69) is 45.0 Å². The highest BCUT2D eigenvalue weighted by Crippen LogP contribution is 2.20. The zero-order valence-corrected chi connectivity index (χ0v) is 11.6. The zero-order valence-electron chi connectivity index (χ0n) is 11.6. The lowest BCUT2D eigenvalue weighted by Crippen LogP contribution is -2.26. The van der Waals surface area contributed by atoms with Gasteiger partial charge in [0.2, 0.25) is 0 Å². The molecule has 0 aromatic carbocycles. The van der Waals surface area contributed by atoms with Gasteiger partial charge < -0.3 is 5.32 Å². The predicted molar refractivity (Wildman–Crippen MR) is 74.7 cm³/mol. The van der Waals surface area contributed by atoms with Crippen LogP contribution in [0.3, 0.4) is 0 Å². The molecule has 0 amide bonds. The molecule has 0 fully saturated rings. The van der Waals surface area contributed by atoms with Gasteiger partial charge in [0.15, 0.2) is 0 Å². The Labute approximate surface area is 114 Å². The molecule has 0 aliphatic rings. The number of aryl methyl sites for hydroxylation is 1. The molecule has 2 aromatic rings. The monoisotopic (exact) mass is 259 g/mol. The molecular formula is C14H21N5. The van der Waals surface area contributed by atoms with Crippen LogP contribution in [0.25, 0.3) is 0 Å². The first kappa shape index (κ1) is 13.7. The third kappa shape index (κ3) is 3.38. The molecule has 1 N–H and O–H groups in total. The number of rotatable bonds is 7. The van der Waals surface area contributed by atoms with Gasteiger partial charge in [-0.25, -0.2) is 9.97 Å². The Morgan fingerprint density at radius 1 is 1.21 bits per heavy atom. The maximum Gasteiger partial charge on any atom is 0.115 e. The van der Waals surface area contributed by atoms with Crippen molar-refractivity contribution in [2.45, 2.75) is 39.3 Å². The van der Waals surface area contributed by atoms with Crippen molar-refractivity contribution in [1.29, 1.82) is 0 Å². The molecule has 2 heterocycles. The van der Waals surface area contributed by atoms with Gasteiger partial charge in [-0.1, -0.05) is 13.8 Å². The van der Waals surface area contributed by atoms with Crippen LogP contribution in [0.1, 0.15) is 44.0 Å². The van der Waals surface area contributed by atoms with E-state index in [4.69, 9.17) is 0 Å². The number of hydrogen-bond donors (Lipinski definition) is 1. The van der Waals surface area contributed by atoms with E-state index in [9.17, 15) is 0 Å². The van der Waals surface area contributed by atoms with E-state index in [1.165, 1.54) is 5.69 Å². The number of nitrogens with one attached hydrogen (secondary N) is 1. The minimum absolute atomic E-state index is 0.107. The van der Waals surface area contributed by atoms with E-state index in [1.54, 1.807) is 6.33 Å². The average molecular weight is 259 g/mol. The molecule has 5 heteroatoms. The summed E-state index contributed by atoms with van der Waals surface area (Å²) < 4.78 is 2.06. The number of hydrogen-bond acceptors (Lipinski definition) is 4. The lowest BCUT2D eigenvalue weighted by Gasteiger charge is -2.19. The molecule has 0 aliphatic heterocycles. The lowest BCUT2D eigenvalue weighted by atomic mass is 10.1. The molecule has 0 bridgehead atoms. The molecule has 0 spiro atoms. The summed E-state index contributed by atoms with van der Waals surface area (Å²) in [7, 11) is 0. The first-order valence-electron chi connectivity index (χ1n) is 6.86. The van der Waals surface area contributed by atoms with Crippen LogP contribution in [0.15, 0.2) is 31.0 Å². The van der Waals surface area contributed by atoms with E-state index >= 15 is 0 Å². The minimum atomic E-state index is 0.107. The Hall–Kier alpha value is -1.75. The summed E-state index contributed by atoms with van der Waals surface area (Å²) in [5, 5.41) is 7.94. The summed E-state index contributed by atoms with van der Waals surface area (Å²) in [5.74, 6) is 0. The Kier molecular flexibility index (Phi) is 5.03. The minimum Gasteiger partial charge on any atom is -0.305 e. The third-order valence-corrected chi connectivity index (χ3v) is 2.99. The highest BCUT2D eigenvalue weighted by Gasteiger charge is 2.17. The Bertz CT molecular complexity index is 480. The zero-order chi connectivity index (χ0) is 13.5. The molecule has 0 saturated heterocycles. The van der Waals surface area contributed by atoms with Crippen molar-refractivity contribution in [2.75, 3.05) is 6.54 Å². The molecule has 2 rings (SSSR count). The van der Waals surface area contributed by atoms with Crippen molar-refractivity contribution >= 4 is 0 Å². The topological polar surface area (TPSA) is 55.6 Å². The number of nitrogens with zero attached hydrogens (tertiary/aromatic N) is 4. The largest absolute Gasteiger partial charge is 0.305 e. The normalized spacial score (nSPS) is 12.5. The lowest BCUT2D eigenvalue weighted by molar-refractivity contribution is 0.510. The first-order chi connectivity index (χ1) is 9.36. The Morgan fingerprint density at radius 3 is 2.68 bits per heavy atom. The van der Waals surface area contributed by atoms with Gasteiger partial charge >= 0.3 is 0 Å². The predicted octanol–water partition coefficient (Wildman–Crippen LogP) is 2.17. The van der Waals surface area contributed by atoms with Crippen molar-refractivity contribution in [3.05, 3.63) is 42.2 Å². The fourth-order valence-corrected chi connectivity index (χ4v) is 2.13. The van der Waals surface area contributed by atoms with Crippen LogP contribution in [0, 0.1) is 0 Å². The van der Waals surface area contributed by atoms with Gasteiger partial charge in [0, 0.05) is 30.7 Å². The standard InChI is InChI=1S/C14H21N5/c1-3-6-17-14(12-9-15-11-16-10-12)13-5-7-18-19(13)8-4-2/h5,7,9-11,14,17H,3-4,6,8H2,1-2H3. The van der Waals surface area contributed by atoms with Crippen LogP contribution < -0.4 is 5.32 Å². The highest BCUT2D eigenvalue weighted by molar-refractivity contribution is 5.23. The van der Waals surface area contributed by atoms with Crippen molar-refractivity contribution < 1.29 is 0 Å². The second-order valence-electron chi connectivity index (χ2n) is 4.54. The molecule has 0 aliphatic carbocycles. The fraction of sp³-hybridized carbons (Fsp3) is 0.500. The van der Waals surface area contributed by atoms with E-state index in [-0.39, 0.29) is 6.04 Å². The van der Waals surface area contributed by atoms with Crippen molar-refractivity contribution in [2.24, 2.45) is 0 Å². The van der Waals surface area contributed by atoms with Gasteiger partial charge in [-0.3, -0.25) is 4.68 Å². The van der Waals surface area contributed by atoms with Crippen LogP contribution in [-0.2, 0) is 6.54 Å². The fourth-order valence-electron chi connectivity index (χ4n) is 2.13. The second-order valence-corrected chi connectivity index (χ2v) is 4.54. The van der Waals surface area contributed by atoms with Crippen LogP contribution in [0.2, 0.25) is 0 Å². The van der Waals surface area contributed by atoms with Gasteiger partial charge in [-0.05, 0) is 25.5 Å². The molecule has 1 unspecified atom stereocenters. The van der Waals surface area contributed by atoms with Gasteiger partial charge in [0.1, 0.15) is 6.33 Å². The molecule has 2 aromatic heterocycles. The quantitative estimate of drug-likeness (QED) is 0.828. The summed E-state index contributed by atoms with van der Waals surface area (Å²) in [6, 6.07) is 2.17. The van der Waals surface area contributed by atoms with E-state index in [1.807, 2.05) is 18.6 Å². The summed E-state index contributed by atoms with van der Waals surface area (Å²) in [6.07, 6.45) is 9.30. The third-order valence-electron chi connectivity index (χ3n) is 2.99. The average Bonchev–Trinajstić information content (AvgIpc) is 2.89. The summed E-state index contributed by atoms with van der Waals surface area (Å²) >= 11 is 0. The molecule has 5 nitrogen and oxygen atoms in total. The SMILES string of the molecule is CCCNC(c1cncnc1)c1ccnn1CCC. The van der Waals surface area contributed by atoms with E-state index in [0.717, 1.165) is 31.5 Å². The van der Waals surface area contributed by atoms with Crippen molar-refractivity contribution in [3.63, 3.8) is 0 Å². The molecule has 0 saturated carbocycles. The Balaban J connectivity index is 2.29. The van der Waals surface area contributed by atoms with Crippen LogP contribution in [0.4, 0.5) is 0 Å². The summed E-state index contributed by atoms with van der Waals surface area (Å²) in [6.45, 7) is 6.21. The van der Waals surface area contributed by atoms with Crippen LogP contribution >= 0.6 is 0 Å². The molecule has 19 heavy (non-hydrogen) atoms. The molecular weight excluding hydrogens is 238 g/mol.